The average molecular weight is 304 g/mol. The lowest BCUT2D eigenvalue weighted by atomic mass is 10.0. The van der Waals surface area contributed by atoms with Crippen molar-refractivity contribution in [2.75, 3.05) is 7.05 Å². The SMILES string of the molecule is CNC(c1ccccc1Cl)c1oc2ccc(F)cc2c1C. The van der Waals surface area contributed by atoms with Crippen molar-refractivity contribution in [2.45, 2.75) is 13.0 Å². The van der Waals surface area contributed by atoms with Crippen molar-refractivity contribution in [3.05, 3.63) is 70.2 Å². The fourth-order valence-electron chi connectivity index (χ4n) is 2.62. The van der Waals surface area contributed by atoms with Crippen molar-refractivity contribution < 1.29 is 8.81 Å². The molecule has 2 aromatic carbocycles. The van der Waals surface area contributed by atoms with Gasteiger partial charge < -0.3 is 9.73 Å². The van der Waals surface area contributed by atoms with Gasteiger partial charge in [0.1, 0.15) is 17.2 Å². The van der Waals surface area contributed by atoms with E-state index in [4.69, 9.17) is 16.0 Å². The number of fused-ring (bicyclic) bond motifs is 1. The second-order valence-electron chi connectivity index (χ2n) is 4.97. The van der Waals surface area contributed by atoms with Crippen LogP contribution in [0.1, 0.15) is 22.9 Å². The summed E-state index contributed by atoms with van der Waals surface area (Å²) < 4.78 is 19.3. The number of halogens is 2. The molecule has 0 aliphatic rings. The molecule has 1 N–H and O–H groups in total. The van der Waals surface area contributed by atoms with Crippen LogP contribution in [0.25, 0.3) is 11.0 Å². The Morgan fingerprint density at radius 3 is 2.67 bits per heavy atom. The minimum atomic E-state index is -0.267. The van der Waals surface area contributed by atoms with Crippen LogP contribution in [0.4, 0.5) is 4.39 Å². The summed E-state index contributed by atoms with van der Waals surface area (Å²) in [6, 6.07) is 12.0. The zero-order chi connectivity index (χ0) is 15.0. The molecule has 21 heavy (non-hydrogen) atoms. The summed E-state index contributed by atoms with van der Waals surface area (Å²) in [5.74, 6) is 0.489. The van der Waals surface area contributed by atoms with Crippen LogP contribution in [0, 0.1) is 12.7 Å². The molecule has 0 aliphatic carbocycles. The molecule has 2 nitrogen and oxygen atoms in total. The summed E-state index contributed by atoms with van der Waals surface area (Å²) in [4.78, 5) is 0. The van der Waals surface area contributed by atoms with Gasteiger partial charge in [0.2, 0.25) is 0 Å². The van der Waals surface area contributed by atoms with Crippen molar-refractivity contribution >= 4 is 22.6 Å². The van der Waals surface area contributed by atoms with Crippen molar-refractivity contribution in [3.63, 3.8) is 0 Å². The third kappa shape index (κ3) is 2.43. The van der Waals surface area contributed by atoms with E-state index in [1.807, 2.05) is 38.2 Å². The first kappa shape index (κ1) is 14.1. The maximum absolute atomic E-state index is 13.4. The van der Waals surface area contributed by atoms with Gasteiger partial charge in [0.25, 0.3) is 0 Å². The average Bonchev–Trinajstić information content (AvgIpc) is 2.79. The van der Waals surface area contributed by atoms with Gasteiger partial charge in [0.05, 0.1) is 6.04 Å². The molecule has 0 saturated heterocycles. The van der Waals surface area contributed by atoms with Gasteiger partial charge in [-0.05, 0) is 43.8 Å². The smallest absolute Gasteiger partial charge is 0.134 e. The molecule has 1 aromatic heterocycles. The van der Waals surface area contributed by atoms with Gasteiger partial charge in [0.15, 0.2) is 0 Å². The number of furan rings is 1. The molecular weight excluding hydrogens is 289 g/mol. The van der Waals surface area contributed by atoms with Gasteiger partial charge in [-0.2, -0.15) is 0 Å². The molecule has 1 atom stereocenters. The van der Waals surface area contributed by atoms with Crippen molar-refractivity contribution in [3.8, 4) is 0 Å². The summed E-state index contributed by atoms with van der Waals surface area (Å²) in [6.45, 7) is 1.93. The Hall–Kier alpha value is -1.84. The number of hydrogen-bond donors (Lipinski definition) is 1. The van der Waals surface area contributed by atoms with E-state index in [0.717, 1.165) is 22.3 Å². The number of benzene rings is 2. The molecule has 108 valence electrons. The second kappa shape index (κ2) is 5.51. The molecule has 0 amide bonds. The number of aryl methyl sites for hydroxylation is 1. The van der Waals surface area contributed by atoms with E-state index < -0.39 is 0 Å². The molecule has 1 unspecified atom stereocenters. The first-order chi connectivity index (χ1) is 10.1. The highest BCUT2D eigenvalue weighted by molar-refractivity contribution is 6.31. The molecule has 4 heteroatoms. The molecular formula is C17H15ClFNO. The van der Waals surface area contributed by atoms with Crippen molar-refractivity contribution in [2.24, 2.45) is 0 Å². The van der Waals surface area contributed by atoms with E-state index >= 15 is 0 Å². The van der Waals surface area contributed by atoms with E-state index in [2.05, 4.69) is 5.32 Å². The third-order valence-electron chi connectivity index (χ3n) is 3.70. The van der Waals surface area contributed by atoms with Gasteiger partial charge >= 0.3 is 0 Å². The van der Waals surface area contributed by atoms with Crippen LogP contribution in [-0.4, -0.2) is 7.05 Å². The molecule has 3 aromatic rings. The molecule has 0 fully saturated rings. The van der Waals surface area contributed by atoms with Crippen LogP contribution < -0.4 is 5.32 Å². The molecule has 0 saturated carbocycles. The Labute approximate surface area is 127 Å². The van der Waals surface area contributed by atoms with Gasteiger partial charge in [-0.25, -0.2) is 4.39 Å². The summed E-state index contributed by atoms with van der Waals surface area (Å²) in [5, 5.41) is 4.68. The quantitative estimate of drug-likeness (QED) is 0.749. The Kier molecular flexibility index (Phi) is 3.70. The Morgan fingerprint density at radius 2 is 1.95 bits per heavy atom. The zero-order valence-electron chi connectivity index (χ0n) is 11.8. The number of hydrogen-bond acceptors (Lipinski definition) is 2. The summed E-state index contributed by atoms with van der Waals surface area (Å²) in [5.41, 5.74) is 2.53. The minimum Gasteiger partial charge on any atom is -0.459 e. The van der Waals surface area contributed by atoms with Gasteiger partial charge in [-0.15, -0.1) is 0 Å². The Bertz CT molecular complexity index is 797. The summed E-state index contributed by atoms with van der Waals surface area (Å²) >= 11 is 6.28. The second-order valence-corrected chi connectivity index (χ2v) is 5.38. The summed E-state index contributed by atoms with van der Waals surface area (Å²) in [6.07, 6.45) is 0. The first-order valence-corrected chi connectivity index (χ1v) is 7.10. The molecule has 1 heterocycles. The number of rotatable bonds is 3. The molecule has 0 radical (unpaired) electrons. The standard InChI is InChI=1S/C17H15ClFNO/c1-10-13-9-11(19)7-8-15(13)21-17(10)16(20-2)12-5-3-4-6-14(12)18/h3-9,16,20H,1-2H3. The Balaban J connectivity index is 2.18. The van der Waals surface area contributed by atoms with Crippen LogP contribution in [0.3, 0.4) is 0 Å². The van der Waals surface area contributed by atoms with E-state index in [1.165, 1.54) is 12.1 Å². The normalized spacial score (nSPS) is 12.8. The largest absolute Gasteiger partial charge is 0.459 e. The van der Waals surface area contributed by atoms with E-state index in [0.29, 0.717) is 10.6 Å². The fourth-order valence-corrected chi connectivity index (χ4v) is 2.87. The first-order valence-electron chi connectivity index (χ1n) is 6.72. The van der Waals surface area contributed by atoms with Crippen LogP contribution in [-0.2, 0) is 0 Å². The molecule has 0 spiro atoms. The lowest BCUT2D eigenvalue weighted by molar-refractivity contribution is 0.487. The zero-order valence-corrected chi connectivity index (χ0v) is 12.5. The van der Waals surface area contributed by atoms with Crippen LogP contribution in [0.15, 0.2) is 46.9 Å². The number of nitrogens with one attached hydrogen (secondary N) is 1. The van der Waals surface area contributed by atoms with Crippen molar-refractivity contribution in [1.29, 1.82) is 0 Å². The predicted molar refractivity (Wildman–Crippen MR) is 83.3 cm³/mol. The van der Waals surface area contributed by atoms with Crippen LogP contribution in [0.5, 0.6) is 0 Å². The molecule has 0 bridgehead atoms. The predicted octanol–water partition coefficient (Wildman–Crippen LogP) is 4.84. The lowest BCUT2D eigenvalue weighted by Gasteiger charge is -2.16. The van der Waals surface area contributed by atoms with E-state index in [1.54, 1.807) is 6.07 Å². The Morgan fingerprint density at radius 1 is 1.19 bits per heavy atom. The van der Waals surface area contributed by atoms with Crippen molar-refractivity contribution in [1.82, 2.24) is 5.32 Å². The van der Waals surface area contributed by atoms with Crippen LogP contribution in [0.2, 0.25) is 5.02 Å². The third-order valence-corrected chi connectivity index (χ3v) is 4.05. The minimum absolute atomic E-state index is 0.172. The van der Waals surface area contributed by atoms with Crippen LogP contribution >= 0.6 is 11.6 Å². The maximum Gasteiger partial charge on any atom is 0.134 e. The van der Waals surface area contributed by atoms with Gasteiger partial charge in [-0.3, -0.25) is 0 Å². The monoisotopic (exact) mass is 303 g/mol. The fraction of sp³-hybridized carbons (Fsp3) is 0.176. The topological polar surface area (TPSA) is 25.2 Å². The molecule has 3 rings (SSSR count). The molecule has 0 aliphatic heterocycles. The highest BCUT2D eigenvalue weighted by Crippen LogP contribution is 2.35. The highest BCUT2D eigenvalue weighted by atomic mass is 35.5. The summed E-state index contributed by atoms with van der Waals surface area (Å²) in [7, 11) is 1.85. The maximum atomic E-state index is 13.4. The van der Waals surface area contributed by atoms with Gasteiger partial charge in [-0.1, -0.05) is 29.8 Å². The highest BCUT2D eigenvalue weighted by Gasteiger charge is 2.22. The lowest BCUT2D eigenvalue weighted by Crippen LogP contribution is -2.18. The van der Waals surface area contributed by atoms with Gasteiger partial charge in [0, 0.05) is 16.0 Å². The van der Waals surface area contributed by atoms with E-state index in [9.17, 15) is 4.39 Å². The van der Waals surface area contributed by atoms with E-state index in [-0.39, 0.29) is 11.9 Å².